The third-order valence-electron chi connectivity index (χ3n) is 4.89. The number of hydrogen-bond acceptors (Lipinski definition) is 4. The lowest BCUT2D eigenvalue weighted by atomic mass is 9.53. The molecule has 1 heterocycles. The SMILES string of the molecule is COc1cc(NC(=O)NC(C)[C@@H]2C[C@H](C(=O)O)C2(C)C)nn1C. The average molecular weight is 324 g/mol. The molecule has 2 amide bonds. The molecule has 1 aromatic rings. The number of aryl methyl sites for hydroxylation is 1. The Bertz CT molecular complexity index is 611. The zero-order chi connectivity index (χ0) is 17.4. The number of carboxylic acid groups (broad SMARTS) is 1. The molecular formula is C15H24N4O4. The van der Waals surface area contributed by atoms with Gasteiger partial charge in [-0.25, -0.2) is 9.48 Å². The summed E-state index contributed by atoms with van der Waals surface area (Å²) >= 11 is 0. The first-order valence-electron chi connectivity index (χ1n) is 7.55. The fourth-order valence-corrected chi connectivity index (χ4v) is 3.39. The van der Waals surface area contributed by atoms with Gasteiger partial charge in [0.2, 0.25) is 5.88 Å². The molecule has 0 aromatic carbocycles. The highest BCUT2D eigenvalue weighted by Crippen LogP contribution is 2.52. The highest BCUT2D eigenvalue weighted by molar-refractivity contribution is 5.88. The van der Waals surface area contributed by atoms with E-state index in [1.165, 1.54) is 11.8 Å². The summed E-state index contributed by atoms with van der Waals surface area (Å²) in [7, 11) is 3.24. The number of aromatic nitrogens is 2. The van der Waals surface area contributed by atoms with E-state index >= 15 is 0 Å². The maximum absolute atomic E-state index is 12.1. The Kier molecular flexibility index (Phi) is 4.53. The van der Waals surface area contributed by atoms with Crippen LogP contribution in [-0.2, 0) is 11.8 Å². The second-order valence-corrected chi connectivity index (χ2v) is 6.64. The number of anilines is 1. The van der Waals surface area contributed by atoms with Crippen LogP contribution in [0.2, 0.25) is 0 Å². The van der Waals surface area contributed by atoms with Gasteiger partial charge in [-0.05, 0) is 24.7 Å². The number of aliphatic carboxylic acids is 1. The van der Waals surface area contributed by atoms with Crippen molar-refractivity contribution in [2.24, 2.45) is 24.3 Å². The number of amides is 2. The van der Waals surface area contributed by atoms with Gasteiger partial charge in [0.05, 0.1) is 13.0 Å². The third kappa shape index (κ3) is 3.25. The van der Waals surface area contributed by atoms with Gasteiger partial charge in [-0.1, -0.05) is 13.8 Å². The largest absolute Gasteiger partial charge is 0.481 e. The average Bonchev–Trinajstić information content (AvgIpc) is 2.76. The molecule has 0 saturated heterocycles. The van der Waals surface area contributed by atoms with Crippen molar-refractivity contribution in [3.8, 4) is 5.88 Å². The van der Waals surface area contributed by atoms with Crippen molar-refractivity contribution in [2.45, 2.75) is 33.2 Å². The van der Waals surface area contributed by atoms with Crippen LogP contribution in [0.1, 0.15) is 27.2 Å². The first-order valence-corrected chi connectivity index (χ1v) is 7.55. The standard InChI is InChI=1S/C15H24N4O4/c1-8(9-6-10(13(20)21)15(9,2)3)16-14(22)17-11-7-12(23-5)19(4)18-11/h7-10H,6H2,1-5H3,(H,20,21)(H2,16,17,18,22)/t8?,9-,10+/m0/s1. The molecule has 128 valence electrons. The molecule has 1 fully saturated rings. The fraction of sp³-hybridized carbons (Fsp3) is 0.667. The number of carbonyl (C=O) groups excluding carboxylic acids is 1. The van der Waals surface area contributed by atoms with Gasteiger partial charge in [0.1, 0.15) is 0 Å². The lowest BCUT2D eigenvalue weighted by Crippen LogP contribution is -2.57. The van der Waals surface area contributed by atoms with E-state index < -0.39 is 5.97 Å². The summed E-state index contributed by atoms with van der Waals surface area (Å²) in [6.45, 7) is 5.75. The first-order chi connectivity index (χ1) is 10.7. The van der Waals surface area contributed by atoms with Crippen LogP contribution < -0.4 is 15.4 Å². The molecule has 0 spiro atoms. The van der Waals surface area contributed by atoms with Crippen molar-refractivity contribution in [1.29, 1.82) is 0 Å². The van der Waals surface area contributed by atoms with E-state index in [-0.39, 0.29) is 29.3 Å². The molecule has 1 aliphatic carbocycles. The lowest BCUT2D eigenvalue weighted by molar-refractivity contribution is -0.160. The number of carbonyl (C=O) groups is 2. The van der Waals surface area contributed by atoms with Gasteiger partial charge < -0.3 is 15.2 Å². The molecule has 8 heteroatoms. The monoisotopic (exact) mass is 324 g/mol. The third-order valence-corrected chi connectivity index (χ3v) is 4.89. The Morgan fingerprint density at radius 3 is 2.65 bits per heavy atom. The maximum atomic E-state index is 12.1. The molecule has 0 bridgehead atoms. The van der Waals surface area contributed by atoms with Crippen LogP contribution in [0.4, 0.5) is 10.6 Å². The normalized spacial score (nSPS) is 23.5. The number of rotatable bonds is 5. The van der Waals surface area contributed by atoms with E-state index in [9.17, 15) is 14.7 Å². The maximum Gasteiger partial charge on any atom is 0.320 e. The van der Waals surface area contributed by atoms with Gasteiger partial charge in [-0.15, -0.1) is 0 Å². The molecule has 0 aliphatic heterocycles. The number of nitrogens with one attached hydrogen (secondary N) is 2. The van der Waals surface area contributed by atoms with Crippen LogP contribution in [0.15, 0.2) is 6.07 Å². The number of methoxy groups -OCH3 is 1. The van der Waals surface area contributed by atoms with Crippen molar-refractivity contribution in [2.75, 3.05) is 12.4 Å². The smallest absolute Gasteiger partial charge is 0.320 e. The summed E-state index contributed by atoms with van der Waals surface area (Å²) in [5.41, 5.74) is -0.341. The summed E-state index contributed by atoms with van der Waals surface area (Å²) in [6.07, 6.45) is 0.571. The highest BCUT2D eigenvalue weighted by Gasteiger charge is 2.53. The molecule has 0 radical (unpaired) electrons. The second-order valence-electron chi connectivity index (χ2n) is 6.64. The van der Waals surface area contributed by atoms with Crippen LogP contribution in [0.5, 0.6) is 5.88 Å². The number of carboxylic acids is 1. The van der Waals surface area contributed by atoms with Gasteiger partial charge in [-0.2, -0.15) is 5.10 Å². The van der Waals surface area contributed by atoms with Crippen molar-refractivity contribution in [3.63, 3.8) is 0 Å². The van der Waals surface area contributed by atoms with Gasteiger partial charge in [0.25, 0.3) is 0 Å². The molecule has 3 N–H and O–H groups in total. The number of hydrogen-bond donors (Lipinski definition) is 3. The Morgan fingerprint density at radius 1 is 1.52 bits per heavy atom. The van der Waals surface area contributed by atoms with Gasteiger partial charge in [-0.3, -0.25) is 10.1 Å². The number of urea groups is 1. The predicted octanol–water partition coefficient (Wildman–Crippen LogP) is 1.69. The zero-order valence-corrected chi connectivity index (χ0v) is 14.1. The molecule has 8 nitrogen and oxygen atoms in total. The summed E-state index contributed by atoms with van der Waals surface area (Å²) < 4.78 is 6.61. The van der Waals surface area contributed by atoms with Crippen LogP contribution in [-0.4, -0.2) is 40.0 Å². The van der Waals surface area contributed by atoms with Gasteiger partial charge >= 0.3 is 12.0 Å². The lowest BCUT2D eigenvalue weighted by Gasteiger charge is -2.52. The van der Waals surface area contributed by atoms with Crippen LogP contribution in [0.25, 0.3) is 0 Å². The van der Waals surface area contributed by atoms with Crippen molar-refractivity contribution in [3.05, 3.63) is 6.07 Å². The molecule has 2 rings (SSSR count). The quantitative estimate of drug-likeness (QED) is 0.764. The number of nitrogens with zero attached hydrogens (tertiary/aromatic N) is 2. The molecule has 1 saturated carbocycles. The summed E-state index contributed by atoms with van der Waals surface area (Å²) in [4.78, 5) is 23.2. The zero-order valence-electron chi connectivity index (χ0n) is 14.1. The summed E-state index contributed by atoms with van der Waals surface area (Å²) in [5, 5.41) is 18.8. The number of ether oxygens (including phenoxy) is 1. The van der Waals surface area contributed by atoms with E-state index in [2.05, 4.69) is 15.7 Å². The molecule has 1 aromatic heterocycles. The predicted molar refractivity (Wildman–Crippen MR) is 84.4 cm³/mol. The minimum absolute atomic E-state index is 0.118. The molecular weight excluding hydrogens is 300 g/mol. The van der Waals surface area contributed by atoms with Crippen molar-refractivity contribution >= 4 is 17.8 Å². The van der Waals surface area contributed by atoms with Crippen LogP contribution in [0.3, 0.4) is 0 Å². The molecule has 3 atom stereocenters. The van der Waals surface area contributed by atoms with E-state index in [0.717, 1.165) is 0 Å². The van der Waals surface area contributed by atoms with E-state index in [0.29, 0.717) is 18.1 Å². The van der Waals surface area contributed by atoms with E-state index in [1.54, 1.807) is 13.1 Å². The highest BCUT2D eigenvalue weighted by atomic mass is 16.5. The van der Waals surface area contributed by atoms with Crippen molar-refractivity contribution in [1.82, 2.24) is 15.1 Å². The summed E-state index contributed by atoms with van der Waals surface area (Å²) in [6, 6.07) is 1.12. The van der Waals surface area contributed by atoms with Crippen molar-refractivity contribution < 1.29 is 19.4 Å². The minimum Gasteiger partial charge on any atom is -0.481 e. The van der Waals surface area contributed by atoms with Crippen LogP contribution >= 0.6 is 0 Å². The van der Waals surface area contributed by atoms with Gasteiger partial charge in [0, 0.05) is 19.2 Å². The second kappa shape index (κ2) is 6.10. The van der Waals surface area contributed by atoms with E-state index in [1.807, 2.05) is 20.8 Å². The minimum atomic E-state index is -0.775. The Balaban J connectivity index is 1.91. The Hall–Kier alpha value is -2.25. The van der Waals surface area contributed by atoms with Gasteiger partial charge in [0.15, 0.2) is 5.82 Å². The fourth-order valence-electron chi connectivity index (χ4n) is 3.39. The Morgan fingerprint density at radius 2 is 2.17 bits per heavy atom. The topological polar surface area (TPSA) is 105 Å². The molecule has 23 heavy (non-hydrogen) atoms. The Labute approximate surface area is 135 Å². The molecule has 1 aliphatic rings. The van der Waals surface area contributed by atoms with E-state index in [4.69, 9.17) is 4.74 Å². The first kappa shape index (κ1) is 17.1. The summed E-state index contributed by atoms with van der Waals surface area (Å²) in [5.74, 6) is -0.0842. The van der Waals surface area contributed by atoms with Crippen LogP contribution in [0, 0.1) is 17.3 Å². The molecule has 1 unspecified atom stereocenters.